The summed E-state index contributed by atoms with van der Waals surface area (Å²) in [5, 5.41) is 0.773. The van der Waals surface area contributed by atoms with Crippen molar-refractivity contribution in [2.24, 2.45) is 5.73 Å². The van der Waals surface area contributed by atoms with Gasteiger partial charge in [-0.05, 0) is 36.4 Å². The fourth-order valence-corrected chi connectivity index (χ4v) is 4.88. The van der Waals surface area contributed by atoms with Crippen LogP contribution in [0.2, 0.25) is 0 Å². The quantitative estimate of drug-likeness (QED) is 0.370. The number of carbonyl (C=O) groups excluding carboxylic acids is 2. The molecule has 0 saturated carbocycles. The highest BCUT2D eigenvalue weighted by Crippen LogP contribution is 2.29. The minimum Gasteiger partial charge on any atom is -0.369 e. The number of carbonyl (C=O) groups is 2. The molecule has 0 spiro atoms. The topological polar surface area (TPSA) is 78.0 Å². The van der Waals surface area contributed by atoms with Crippen molar-refractivity contribution in [2.75, 3.05) is 5.75 Å². The molecule has 1 amide bonds. The Morgan fingerprint density at radius 2 is 1.75 bits per heavy atom. The highest BCUT2D eigenvalue weighted by atomic mass is 32.2. The summed E-state index contributed by atoms with van der Waals surface area (Å²) in [5.74, 6) is -0.114. The number of para-hydroxylation sites is 3. The number of amides is 1. The van der Waals surface area contributed by atoms with Gasteiger partial charge < -0.3 is 5.73 Å². The van der Waals surface area contributed by atoms with Crippen LogP contribution in [-0.4, -0.2) is 27.0 Å². The van der Waals surface area contributed by atoms with Crippen LogP contribution >= 0.6 is 23.1 Å². The molecule has 0 aliphatic heterocycles. The Morgan fingerprint density at radius 3 is 2.54 bits per heavy atom. The molecule has 0 fully saturated rings. The van der Waals surface area contributed by atoms with Crippen LogP contribution in [0.5, 0.6) is 0 Å². The predicted molar refractivity (Wildman–Crippen MR) is 113 cm³/mol. The molecule has 0 aliphatic rings. The van der Waals surface area contributed by atoms with E-state index in [1.54, 1.807) is 12.1 Å². The van der Waals surface area contributed by atoms with E-state index in [0.717, 1.165) is 26.8 Å². The third-order valence-corrected chi connectivity index (χ3v) is 6.23. The number of benzene rings is 2. The number of ketones is 1. The first-order valence-corrected chi connectivity index (χ1v) is 10.5. The fourth-order valence-electron chi connectivity index (χ4n) is 2.92. The molecule has 5 nitrogen and oxygen atoms in total. The van der Waals surface area contributed by atoms with E-state index in [9.17, 15) is 9.59 Å². The van der Waals surface area contributed by atoms with Crippen molar-refractivity contribution >= 4 is 45.8 Å². The number of nitrogens with zero attached hydrogens (tertiary/aromatic N) is 2. The molecular formula is C21H17N3O2S2. The molecule has 0 radical (unpaired) electrons. The molecule has 140 valence electrons. The summed E-state index contributed by atoms with van der Waals surface area (Å²) in [4.78, 5) is 29.8. The van der Waals surface area contributed by atoms with E-state index in [4.69, 9.17) is 10.7 Å². The van der Waals surface area contributed by atoms with Gasteiger partial charge in [-0.15, -0.1) is 11.3 Å². The summed E-state index contributed by atoms with van der Waals surface area (Å²) in [5.41, 5.74) is 8.12. The van der Waals surface area contributed by atoms with Crippen LogP contribution in [0, 0.1) is 0 Å². The lowest BCUT2D eigenvalue weighted by Gasteiger charge is -2.08. The maximum absolute atomic E-state index is 12.6. The van der Waals surface area contributed by atoms with Gasteiger partial charge in [-0.25, -0.2) is 4.98 Å². The fraction of sp³-hybridized carbons (Fsp3) is 0.0952. The van der Waals surface area contributed by atoms with E-state index in [1.165, 1.54) is 23.1 Å². The second-order valence-corrected chi connectivity index (χ2v) is 8.29. The van der Waals surface area contributed by atoms with Crippen molar-refractivity contribution < 1.29 is 9.59 Å². The van der Waals surface area contributed by atoms with E-state index < -0.39 is 5.91 Å². The molecule has 0 aliphatic carbocycles. The molecule has 2 N–H and O–H groups in total. The predicted octanol–water partition coefficient (Wildman–Crippen LogP) is 4.09. The SMILES string of the molecule is NC(=O)Cc1ccc(C(=O)CSc2nc3ccccc3n2-c2ccccc2)s1. The van der Waals surface area contributed by atoms with Gasteiger partial charge in [-0.1, -0.05) is 42.1 Å². The number of Topliss-reactive ketones (excluding diaryl/α,β-unsaturated/α-hetero) is 1. The number of rotatable bonds is 7. The van der Waals surface area contributed by atoms with Gasteiger partial charge in [-0.3, -0.25) is 14.2 Å². The van der Waals surface area contributed by atoms with E-state index >= 15 is 0 Å². The molecule has 28 heavy (non-hydrogen) atoms. The number of nitrogens with two attached hydrogens (primary N) is 1. The first-order valence-electron chi connectivity index (χ1n) is 8.68. The summed E-state index contributed by atoms with van der Waals surface area (Å²) in [6.07, 6.45) is 0.162. The van der Waals surface area contributed by atoms with Crippen LogP contribution in [0.25, 0.3) is 16.7 Å². The first kappa shape index (κ1) is 18.5. The monoisotopic (exact) mass is 407 g/mol. The minimum atomic E-state index is -0.396. The van der Waals surface area contributed by atoms with Crippen molar-refractivity contribution in [3.05, 3.63) is 76.5 Å². The van der Waals surface area contributed by atoms with E-state index in [0.29, 0.717) is 4.88 Å². The largest absolute Gasteiger partial charge is 0.369 e. The number of hydrogen-bond donors (Lipinski definition) is 1. The molecule has 0 bridgehead atoms. The molecule has 7 heteroatoms. The Bertz CT molecular complexity index is 1150. The summed E-state index contributed by atoms with van der Waals surface area (Å²) in [6.45, 7) is 0. The Kier molecular flexibility index (Phi) is 5.27. The van der Waals surface area contributed by atoms with Crippen LogP contribution in [0.15, 0.2) is 71.9 Å². The van der Waals surface area contributed by atoms with Crippen molar-refractivity contribution in [3.8, 4) is 5.69 Å². The lowest BCUT2D eigenvalue weighted by molar-refractivity contribution is -0.117. The number of imidazole rings is 1. The van der Waals surface area contributed by atoms with Crippen molar-refractivity contribution in [1.29, 1.82) is 0 Å². The molecule has 4 rings (SSSR count). The molecule has 4 aromatic rings. The number of hydrogen-bond acceptors (Lipinski definition) is 5. The Balaban J connectivity index is 1.59. The minimum absolute atomic E-state index is 0.0115. The average Bonchev–Trinajstić information content (AvgIpc) is 3.30. The molecule has 2 aromatic heterocycles. The molecule has 0 saturated heterocycles. The van der Waals surface area contributed by atoms with Gasteiger partial charge in [0.2, 0.25) is 5.91 Å². The number of primary amides is 1. The zero-order valence-corrected chi connectivity index (χ0v) is 16.5. The maximum Gasteiger partial charge on any atom is 0.222 e. The summed E-state index contributed by atoms with van der Waals surface area (Å²) >= 11 is 2.73. The van der Waals surface area contributed by atoms with Gasteiger partial charge in [-0.2, -0.15) is 0 Å². The van der Waals surface area contributed by atoms with Gasteiger partial charge in [0, 0.05) is 10.6 Å². The summed E-state index contributed by atoms with van der Waals surface area (Å²) in [6, 6.07) is 21.5. The standard InChI is InChI=1S/C21H17N3O2S2/c22-20(26)12-15-10-11-19(28-15)18(25)13-27-21-23-16-8-4-5-9-17(16)24(21)14-6-2-1-3-7-14/h1-11H,12-13H2,(H2,22,26). The van der Waals surface area contributed by atoms with E-state index in [-0.39, 0.29) is 18.0 Å². The smallest absolute Gasteiger partial charge is 0.222 e. The third kappa shape index (κ3) is 3.85. The summed E-state index contributed by atoms with van der Waals surface area (Å²) < 4.78 is 2.07. The van der Waals surface area contributed by atoms with Gasteiger partial charge in [0.1, 0.15) is 0 Å². The van der Waals surface area contributed by atoms with Crippen LogP contribution in [0.4, 0.5) is 0 Å². The number of fused-ring (bicyclic) bond motifs is 1. The van der Waals surface area contributed by atoms with Crippen LogP contribution < -0.4 is 5.73 Å². The Morgan fingerprint density at radius 1 is 1.00 bits per heavy atom. The van der Waals surface area contributed by atoms with Crippen LogP contribution in [0.1, 0.15) is 14.5 Å². The lowest BCUT2D eigenvalue weighted by Crippen LogP contribution is -2.12. The van der Waals surface area contributed by atoms with Crippen molar-refractivity contribution in [1.82, 2.24) is 9.55 Å². The molecule has 0 atom stereocenters. The highest BCUT2D eigenvalue weighted by molar-refractivity contribution is 7.99. The molecule has 2 heterocycles. The second-order valence-electron chi connectivity index (χ2n) is 6.17. The van der Waals surface area contributed by atoms with E-state index in [1.807, 2.05) is 54.6 Å². The van der Waals surface area contributed by atoms with Crippen molar-refractivity contribution in [2.45, 2.75) is 11.6 Å². The zero-order valence-electron chi connectivity index (χ0n) is 14.9. The third-order valence-electron chi connectivity index (χ3n) is 4.16. The molecule has 2 aromatic carbocycles. The maximum atomic E-state index is 12.6. The second kappa shape index (κ2) is 8.00. The number of thioether (sulfide) groups is 1. The Hall–Kier alpha value is -2.90. The van der Waals surface area contributed by atoms with Gasteiger partial charge in [0.05, 0.1) is 28.1 Å². The van der Waals surface area contributed by atoms with Crippen molar-refractivity contribution in [3.63, 3.8) is 0 Å². The van der Waals surface area contributed by atoms with Gasteiger partial charge >= 0.3 is 0 Å². The van der Waals surface area contributed by atoms with E-state index in [2.05, 4.69) is 4.57 Å². The zero-order chi connectivity index (χ0) is 19.5. The highest BCUT2D eigenvalue weighted by Gasteiger charge is 2.16. The lowest BCUT2D eigenvalue weighted by atomic mass is 10.3. The van der Waals surface area contributed by atoms with Crippen LogP contribution in [0.3, 0.4) is 0 Å². The molecular weight excluding hydrogens is 390 g/mol. The normalized spacial score (nSPS) is 11.0. The Labute approximate surface area is 170 Å². The van der Waals surface area contributed by atoms with Crippen LogP contribution in [-0.2, 0) is 11.2 Å². The average molecular weight is 408 g/mol. The number of aromatic nitrogens is 2. The first-order chi connectivity index (χ1) is 13.6. The van der Waals surface area contributed by atoms with Gasteiger partial charge in [0.25, 0.3) is 0 Å². The van der Waals surface area contributed by atoms with Gasteiger partial charge in [0.15, 0.2) is 10.9 Å². The summed E-state index contributed by atoms with van der Waals surface area (Å²) in [7, 11) is 0. The number of thiophene rings is 1. The molecule has 0 unspecified atom stereocenters.